The van der Waals surface area contributed by atoms with Gasteiger partial charge in [0.2, 0.25) is 5.91 Å². The highest BCUT2D eigenvalue weighted by Gasteiger charge is 2.38. The zero-order chi connectivity index (χ0) is 17.5. The van der Waals surface area contributed by atoms with Gasteiger partial charge in [-0.3, -0.25) is 9.59 Å². The second-order valence-corrected chi connectivity index (χ2v) is 4.88. The molecule has 2 amide bonds. The molecule has 128 valence electrons. The Balaban J connectivity index is 2.58. The first kappa shape index (κ1) is 18.9. The number of nitrogens with two attached hydrogens (primary N) is 2. The zero-order valence-electron chi connectivity index (χ0n) is 12.2. The highest BCUT2D eigenvalue weighted by molar-refractivity contribution is 5.81. The van der Waals surface area contributed by atoms with Gasteiger partial charge in [0.1, 0.15) is 0 Å². The van der Waals surface area contributed by atoms with Crippen molar-refractivity contribution in [1.82, 2.24) is 5.32 Å². The summed E-state index contributed by atoms with van der Waals surface area (Å²) in [4.78, 5) is 21.8. The first-order valence-corrected chi connectivity index (χ1v) is 6.74. The Kier molecular flexibility index (Phi) is 6.98. The van der Waals surface area contributed by atoms with Crippen LogP contribution in [0.3, 0.4) is 0 Å². The number of hydrogen-bond acceptors (Lipinski definition) is 4. The number of alkyl halides is 3. The molecular formula is C14H18F3N3O3. The zero-order valence-corrected chi connectivity index (χ0v) is 12.2. The van der Waals surface area contributed by atoms with Crippen molar-refractivity contribution in [2.45, 2.75) is 31.3 Å². The SMILES string of the molecule is NC(=O)CC(OCc1ccccc1)C(N)CNC(=O)C(F)(F)F. The quantitative estimate of drug-likeness (QED) is 0.642. The number of halogens is 3. The molecule has 0 radical (unpaired) electrons. The minimum Gasteiger partial charge on any atom is -0.371 e. The van der Waals surface area contributed by atoms with Crippen molar-refractivity contribution in [3.63, 3.8) is 0 Å². The molecule has 0 saturated heterocycles. The Morgan fingerprint density at radius 2 is 1.83 bits per heavy atom. The number of benzene rings is 1. The minimum atomic E-state index is -5.00. The lowest BCUT2D eigenvalue weighted by Crippen LogP contribution is -2.49. The number of hydrogen-bond donors (Lipinski definition) is 3. The first-order chi connectivity index (χ1) is 10.7. The fourth-order valence-corrected chi connectivity index (χ4v) is 1.75. The fourth-order valence-electron chi connectivity index (χ4n) is 1.75. The molecular weight excluding hydrogens is 315 g/mol. The summed E-state index contributed by atoms with van der Waals surface area (Å²) in [5.41, 5.74) is 11.6. The lowest BCUT2D eigenvalue weighted by atomic mass is 10.1. The number of nitrogens with one attached hydrogen (secondary N) is 1. The lowest BCUT2D eigenvalue weighted by molar-refractivity contribution is -0.173. The van der Waals surface area contributed by atoms with E-state index in [4.69, 9.17) is 16.2 Å². The van der Waals surface area contributed by atoms with Gasteiger partial charge in [0.15, 0.2) is 0 Å². The van der Waals surface area contributed by atoms with Crippen molar-refractivity contribution in [2.75, 3.05) is 6.54 Å². The fraction of sp³-hybridized carbons (Fsp3) is 0.429. The molecule has 0 aliphatic heterocycles. The molecule has 0 aromatic heterocycles. The monoisotopic (exact) mass is 333 g/mol. The molecule has 23 heavy (non-hydrogen) atoms. The summed E-state index contributed by atoms with van der Waals surface area (Å²) in [6.45, 7) is -0.384. The second kappa shape index (κ2) is 8.49. The number of primary amides is 1. The third-order valence-corrected chi connectivity index (χ3v) is 2.94. The van der Waals surface area contributed by atoms with Crippen molar-refractivity contribution < 1.29 is 27.5 Å². The molecule has 9 heteroatoms. The van der Waals surface area contributed by atoms with Crippen LogP contribution >= 0.6 is 0 Å². The maximum absolute atomic E-state index is 12.1. The van der Waals surface area contributed by atoms with Crippen molar-refractivity contribution in [3.8, 4) is 0 Å². The molecule has 2 atom stereocenters. The van der Waals surface area contributed by atoms with Crippen LogP contribution in [0, 0.1) is 0 Å². The van der Waals surface area contributed by atoms with Gasteiger partial charge in [-0.15, -0.1) is 0 Å². The molecule has 0 fully saturated rings. The summed E-state index contributed by atoms with van der Waals surface area (Å²) in [5, 5.41) is 1.65. The molecule has 0 saturated carbocycles. The molecule has 1 rings (SSSR count). The van der Waals surface area contributed by atoms with Gasteiger partial charge in [-0.25, -0.2) is 0 Å². The van der Waals surface area contributed by atoms with Crippen LogP contribution in [-0.4, -0.2) is 36.7 Å². The summed E-state index contributed by atoms with van der Waals surface area (Å²) in [6, 6.07) is 7.91. The average molecular weight is 333 g/mol. The van der Waals surface area contributed by atoms with Crippen LogP contribution in [0.2, 0.25) is 0 Å². The smallest absolute Gasteiger partial charge is 0.371 e. The lowest BCUT2D eigenvalue weighted by Gasteiger charge is -2.24. The number of ether oxygens (including phenoxy) is 1. The van der Waals surface area contributed by atoms with Crippen LogP contribution in [0.1, 0.15) is 12.0 Å². The van der Waals surface area contributed by atoms with E-state index in [2.05, 4.69) is 0 Å². The molecule has 1 aromatic carbocycles. The van der Waals surface area contributed by atoms with Gasteiger partial charge in [-0.05, 0) is 5.56 Å². The topological polar surface area (TPSA) is 107 Å². The van der Waals surface area contributed by atoms with E-state index in [0.717, 1.165) is 5.56 Å². The first-order valence-electron chi connectivity index (χ1n) is 6.74. The van der Waals surface area contributed by atoms with E-state index in [1.807, 2.05) is 6.07 Å². The van der Waals surface area contributed by atoms with Crippen LogP contribution < -0.4 is 16.8 Å². The van der Waals surface area contributed by atoms with Gasteiger partial charge >= 0.3 is 12.1 Å². The van der Waals surface area contributed by atoms with E-state index in [9.17, 15) is 22.8 Å². The highest BCUT2D eigenvalue weighted by Crippen LogP contribution is 2.14. The van der Waals surface area contributed by atoms with Gasteiger partial charge in [0.25, 0.3) is 0 Å². The maximum Gasteiger partial charge on any atom is 0.471 e. The van der Waals surface area contributed by atoms with Gasteiger partial charge in [-0.1, -0.05) is 30.3 Å². The Bertz CT molecular complexity index is 523. The third kappa shape index (κ3) is 7.11. The van der Waals surface area contributed by atoms with Crippen molar-refractivity contribution in [3.05, 3.63) is 35.9 Å². The predicted octanol–water partition coefficient (Wildman–Crippen LogP) is 0.453. The van der Waals surface area contributed by atoms with E-state index in [1.54, 1.807) is 29.6 Å². The Labute approximate surface area is 131 Å². The van der Waals surface area contributed by atoms with E-state index >= 15 is 0 Å². The Morgan fingerprint density at radius 3 is 2.35 bits per heavy atom. The minimum absolute atomic E-state index is 0.111. The molecule has 5 N–H and O–H groups in total. The summed E-state index contributed by atoms with van der Waals surface area (Å²) in [7, 11) is 0. The Hall–Kier alpha value is -2.13. The van der Waals surface area contributed by atoms with Crippen molar-refractivity contribution in [1.29, 1.82) is 0 Å². The van der Waals surface area contributed by atoms with Gasteiger partial charge < -0.3 is 21.5 Å². The van der Waals surface area contributed by atoms with Crippen LogP contribution in [0.5, 0.6) is 0 Å². The number of amides is 2. The summed E-state index contributed by atoms with van der Waals surface area (Å²) >= 11 is 0. The predicted molar refractivity (Wildman–Crippen MR) is 75.9 cm³/mol. The molecule has 0 aliphatic carbocycles. The van der Waals surface area contributed by atoms with Crippen molar-refractivity contribution >= 4 is 11.8 Å². The van der Waals surface area contributed by atoms with E-state index in [1.165, 1.54) is 0 Å². The molecule has 6 nitrogen and oxygen atoms in total. The summed E-state index contributed by atoms with van der Waals surface area (Å²) in [6.07, 6.45) is -6.18. The van der Waals surface area contributed by atoms with Gasteiger partial charge in [0, 0.05) is 12.6 Å². The van der Waals surface area contributed by atoms with E-state index in [-0.39, 0.29) is 13.0 Å². The summed E-state index contributed by atoms with van der Waals surface area (Å²) in [5.74, 6) is -2.81. The number of carbonyl (C=O) groups is 2. The number of rotatable bonds is 8. The van der Waals surface area contributed by atoms with E-state index < -0.39 is 36.7 Å². The average Bonchev–Trinajstić information content (AvgIpc) is 2.48. The van der Waals surface area contributed by atoms with Crippen molar-refractivity contribution in [2.24, 2.45) is 11.5 Å². The van der Waals surface area contributed by atoms with Crippen LogP contribution in [0.4, 0.5) is 13.2 Å². The maximum atomic E-state index is 12.1. The normalized spacial score (nSPS) is 14.1. The molecule has 1 aromatic rings. The van der Waals surface area contributed by atoms with E-state index in [0.29, 0.717) is 0 Å². The largest absolute Gasteiger partial charge is 0.471 e. The Morgan fingerprint density at radius 1 is 1.22 bits per heavy atom. The van der Waals surface area contributed by atoms with Gasteiger partial charge in [0.05, 0.1) is 19.1 Å². The highest BCUT2D eigenvalue weighted by atomic mass is 19.4. The molecule has 2 unspecified atom stereocenters. The third-order valence-electron chi connectivity index (χ3n) is 2.94. The molecule has 0 heterocycles. The molecule has 0 aliphatic rings. The van der Waals surface area contributed by atoms with Gasteiger partial charge in [-0.2, -0.15) is 13.2 Å². The van der Waals surface area contributed by atoms with Crippen LogP contribution in [0.25, 0.3) is 0 Å². The second-order valence-electron chi connectivity index (χ2n) is 4.88. The summed E-state index contributed by atoms with van der Waals surface area (Å²) < 4.78 is 41.8. The van der Waals surface area contributed by atoms with Crippen LogP contribution in [0.15, 0.2) is 30.3 Å². The number of carbonyl (C=O) groups excluding carboxylic acids is 2. The molecule has 0 bridgehead atoms. The van der Waals surface area contributed by atoms with Crippen LogP contribution in [-0.2, 0) is 20.9 Å². The standard InChI is InChI=1S/C14H18F3N3O3/c15-14(16,17)13(22)20-7-10(18)11(6-12(19)21)23-8-9-4-2-1-3-5-9/h1-5,10-11H,6-8,18H2,(H2,19,21)(H,20,22). The molecule has 0 spiro atoms.